The molecule has 2 aromatic heterocycles. The van der Waals surface area contributed by atoms with Crippen LogP contribution in [-0.4, -0.2) is 77.6 Å². The average Bonchev–Trinajstić information content (AvgIpc) is 3.47. The number of aromatic nitrogens is 2. The molecule has 44 heavy (non-hydrogen) atoms. The number of anilines is 1. The molecule has 5 heterocycles. The van der Waals surface area contributed by atoms with Gasteiger partial charge in [-0.05, 0) is 75.5 Å². The van der Waals surface area contributed by atoms with Crippen LogP contribution in [0.25, 0.3) is 11.0 Å². The Hall–Kier alpha value is -3.82. The third-order valence-corrected chi connectivity index (χ3v) is 10.1. The first-order chi connectivity index (χ1) is 21.5. The molecule has 9 heteroatoms. The minimum atomic E-state index is -0.383. The number of carbonyl (C=O) groups is 1. The topological polar surface area (TPSA) is 74.9 Å². The Morgan fingerprint density at radius 1 is 1.00 bits per heavy atom. The molecule has 8 nitrogen and oxygen atoms in total. The second-order valence-electron chi connectivity index (χ2n) is 12.7. The van der Waals surface area contributed by atoms with Crippen LogP contribution in [0, 0.1) is 11.7 Å². The largest absolute Gasteiger partial charge is 0.477 e. The Morgan fingerprint density at radius 3 is 2.66 bits per heavy atom. The van der Waals surface area contributed by atoms with Gasteiger partial charge in [-0.1, -0.05) is 41.6 Å². The molecular formula is C35H40FN5O3. The third kappa shape index (κ3) is 5.83. The van der Waals surface area contributed by atoms with Gasteiger partial charge in [0.2, 0.25) is 5.88 Å². The molecule has 3 aliphatic rings. The summed E-state index contributed by atoms with van der Waals surface area (Å²) >= 11 is 0. The zero-order valence-corrected chi connectivity index (χ0v) is 25.3. The first-order valence-electron chi connectivity index (χ1n) is 15.9. The summed E-state index contributed by atoms with van der Waals surface area (Å²) in [4.78, 5) is 24.8. The molecule has 0 spiro atoms. The van der Waals surface area contributed by atoms with E-state index in [0.717, 1.165) is 94.0 Å². The van der Waals surface area contributed by atoms with E-state index in [-0.39, 0.29) is 17.0 Å². The highest BCUT2D eigenvalue weighted by Gasteiger charge is 2.40. The molecule has 2 aromatic carbocycles. The van der Waals surface area contributed by atoms with E-state index >= 15 is 0 Å². The molecule has 2 atom stereocenters. The second-order valence-corrected chi connectivity index (χ2v) is 12.7. The van der Waals surface area contributed by atoms with Gasteiger partial charge in [-0.3, -0.25) is 14.6 Å². The molecule has 3 fully saturated rings. The van der Waals surface area contributed by atoms with Gasteiger partial charge in [-0.2, -0.15) is 0 Å². The van der Waals surface area contributed by atoms with Crippen molar-refractivity contribution in [3.8, 4) is 5.88 Å². The van der Waals surface area contributed by atoms with Crippen molar-refractivity contribution in [2.24, 2.45) is 5.92 Å². The molecule has 4 aromatic rings. The molecule has 0 amide bonds. The van der Waals surface area contributed by atoms with Crippen LogP contribution >= 0.6 is 0 Å². The second kappa shape index (κ2) is 12.3. The number of halogens is 1. The van der Waals surface area contributed by atoms with Crippen LogP contribution < -0.4 is 9.64 Å². The predicted molar refractivity (Wildman–Crippen MR) is 167 cm³/mol. The van der Waals surface area contributed by atoms with Crippen molar-refractivity contribution in [1.29, 1.82) is 0 Å². The van der Waals surface area contributed by atoms with E-state index < -0.39 is 0 Å². The number of ketones is 1. The van der Waals surface area contributed by atoms with E-state index in [9.17, 15) is 9.18 Å². The average molecular weight is 598 g/mol. The fourth-order valence-electron chi connectivity index (χ4n) is 7.47. The molecule has 0 saturated carbocycles. The maximum atomic E-state index is 13.9. The van der Waals surface area contributed by atoms with Crippen LogP contribution in [0.5, 0.6) is 5.88 Å². The van der Waals surface area contributed by atoms with Crippen LogP contribution in [0.1, 0.15) is 43.9 Å². The lowest BCUT2D eigenvalue weighted by Gasteiger charge is -2.46. The highest BCUT2D eigenvalue weighted by atomic mass is 19.1. The number of nitrogens with zero attached hydrogens (tertiary/aromatic N) is 5. The maximum absolute atomic E-state index is 13.9. The van der Waals surface area contributed by atoms with E-state index in [2.05, 4.69) is 38.1 Å². The van der Waals surface area contributed by atoms with Crippen molar-refractivity contribution in [1.82, 2.24) is 19.9 Å². The van der Waals surface area contributed by atoms with Gasteiger partial charge in [0.05, 0.1) is 23.1 Å². The Kier molecular flexibility index (Phi) is 8.08. The summed E-state index contributed by atoms with van der Waals surface area (Å²) in [5.41, 5.74) is 2.37. The van der Waals surface area contributed by atoms with Gasteiger partial charge in [0, 0.05) is 50.7 Å². The highest BCUT2D eigenvalue weighted by molar-refractivity contribution is 5.89. The van der Waals surface area contributed by atoms with Crippen LogP contribution in [-0.2, 0) is 16.8 Å². The molecule has 0 N–H and O–H groups in total. The monoisotopic (exact) mass is 597 g/mol. The van der Waals surface area contributed by atoms with Crippen LogP contribution in [0.2, 0.25) is 0 Å². The van der Waals surface area contributed by atoms with Crippen molar-refractivity contribution >= 4 is 22.6 Å². The Bertz CT molecular complexity index is 1600. The summed E-state index contributed by atoms with van der Waals surface area (Å²) < 4.78 is 25.6. The number of Topliss-reactive ketones (excluding diaryl/α,β-unsaturated/α-hetero) is 1. The molecule has 2 unspecified atom stereocenters. The van der Waals surface area contributed by atoms with E-state index in [0.29, 0.717) is 30.0 Å². The highest BCUT2D eigenvalue weighted by Crippen LogP contribution is 2.37. The smallest absolute Gasteiger partial charge is 0.213 e. The third-order valence-electron chi connectivity index (χ3n) is 10.1. The normalized spacial score (nSPS) is 22.5. The maximum Gasteiger partial charge on any atom is 0.213 e. The Morgan fingerprint density at radius 2 is 1.84 bits per heavy atom. The van der Waals surface area contributed by atoms with Gasteiger partial charge in [-0.15, -0.1) is 0 Å². The van der Waals surface area contributed by atoms with Crippen molar-refractivity contribution in [3.05, 3.63) is 83.8 Å². The van der Waals surface area contributed by atoms with Gasteiger partial charge in [-0.25, -0.2) is 9.37 Å². The number of piperazine rings is 1. The van der Waals surface area contributed by atoms with Crippen molar-refractivity contribution in [2.45, 2.75) is 50.6 Å². The zero-order valence-electron chi connectivity index (χ0n) is 25.3. The minimum absolute atomic E-state index is 0.257. The van der Waals surface area contributed by atoms with Gasteiger partial charge >= 0.3 is 0 Å². The zero-order chi connectivity index (χ0) is 30.1. The van der Waals surface area contributed by atoms with Gasteiger partial charge in [0.25, 0.3) is 0 Å². The molecule has 7 rings (SSSR count). The van der Waals surface area contributed by atoms with E-state index in [1.165, 1.54) is 12.1 Å². The number of benzene rings is 2. The summed E-state index contributed by atoms with van der Waals surface area (Å²) in [6.45, 7) is 8.50. The van der Waals surface area contributed by atoms with Crippen molar-refractivity contribution < 1.29 is 18.4 Å². The minimum Gasteiger partial charge on any atom is -0.477 e. The molecule has 3 aliphatic heterocycles. The van der Waals surface area contributed by atoms with Crippen LogP contribution in [0.3, 0.4) is 0 Å². The van der Waals surface area contributed by atoms with Crippen LogP contribution in [0.4, 0.5) is 10.2 Å². The fourth-order valence-corrected chi connectivity index (χ4v) is 7.47. The molecule has 0 bridgehead atoms. The lowest BCUT2D eigenvalue weighted by Crippen LogP contribution is -2.57. The summed E-state index contributed by atoms with van der Waals surface area (Å²) in [7, 11) is 0. The van der Waals surface area contributed by atoms with Gasteiger partial charge < -0.3 is 14.2 Å². The number of piperidine rings is 2. The van der Waals surface area contributed by atoms with Crippen molar-refractivity contribution in [3.63, 3.8) is 0 Å². The SMILES string of the molecule is CC(=O)C1(c2ccccc2)CCN(Cc2cccc(OCC3CCC4CN(c5noc6ccc(F)cc56)CCN4C3)n2)CC1. The van der Waals surface area contributed by atoms with E-state index in [4.69, 9.17) is 14.2 Å². The number of ether oxygens (including phenoxy) is 1. The summed E-state index contributed by atoms with van der Waals surface area (Å²) in [5, 5.41) is 5.01. The van der Waals surface area contributed by atoms with Gasteiger partial charge in [0.1, 0.15) is 11.6 Å². The lowest BCUT2D eigenvalue weighted by atomic mass is 9.70. The summed E-state index contributed by atoms with van der Waals surface area (Å²) in [6, 6.07) is 21.3. The summed E-state index contributed by atoms with van der Waals surface area (Å²) in [6.07, 6.45) is 3.83. The standard InChI is InChI=1S/C35H40FN5O3/c1-25(42)35(27-6-3-2-4-7-27)14-16-39(17-15-35)22-29-8-5-9-33(37-29)43-24-26-10-12-30-23-41(19-18-40(30)21-26)34-31-20-28(36)11-13-32(31)44-38-34/h2-9,11,13,20,26,30H,10,12,14-19,21-24H2,1H3. The summed E-state index contributed by atoms with van der Waals surface area (Å²) in [5.74, 6) is 1.86. The Balaban J connectivity index is 0.902. The quantitative estimate of drug-likeness (QED) is 0.265. The fraction of sp³-hybridized carbons (Fsp3) is 0.457. The number of rotatable bonds is 8. The number of fused-ring (bicyclic) bond motifs is 2. The number of hydrogen-bond donors (Lipinski definition) is 0. The molecule has 3 saturated heterocycles. The number of likely N-dealkylation sites (tertiary alicyclic amines) is 1. The van der Waals surface area contributed by atoms with Crippen molar-refractivity contribution in [2.75, 3.05) is 50.8 Å². The molecular weight excluding hydrogens is 557 g/mol. The predicted octanol–water partition coefficient (Wildman–Crippen LogP) is 5.46. The molecule has 0 radical (unpaired) electrons. The lowest BCUT2D eigenvalue weighted by molar-refractivity contribution is -0.124. The van der Waals surface area contributed by atoms with Crippen LogP contribution in [0.15, 0.2) is 71.3 Å². The number of pyridine rings is 1. The Labute approximate surface area is 257 Å². The molecule has 0 aliphatic carbocycles. The number of hydrogen-bond acceptors (Lipinski definition) is 8. The molecule has 230 valence electrons. The van der Waals surface area contributed by atoms with E-state index in [1.807, 2.05) is 30.3 Å². The first-order valence-corrected chi connectivity index (χ1v) is 15.9. The van der Waals surface area contributed by atoms with E-state index in [1.54, 1.807) is 13.0 Å². The first kappa shape index (κ1) is 28.9. The van der Waals surface area contributed by atoms with Gasteiger partial charge in [0.15, 0.2) is 11.4 Å². The number of carbonyl (C=O) groups excluding carboxylic acids is 1.